The SMILES string of the molecule is CC1CC(Oc2ccc([C@H](C)N)nc2)CC(C)(C)C1. The third-order valence-electron chi connectivity index (χ3n) is 3.88. The van der Waals surface area contributed by atoms with Crippen LogP contribution < -0.4 is 10.5 Å². The topological polar surface area (TPSA) is 48.1 Å². The van der Waals surface area contributed by atoms with Crippen LogP contribution in [0.3, 0.4) is 0 Å². The fourth-order valence-corrected chi connectivity index (χ4v) is 3.27. The fraction of sp³-hybridized carbons (Fsp3) is 0.688. The van der Waals surface area contributed by atoms with Gasteiger partial charge in [-0.15, -0.1) is 0 Å². The van der Waals surface area contributed by atoms with Crippen LogP contribution >= 0.6 is 0 Å². The summed E-state index contributed by atoms with van der Waals surface area (Å²) in [6.07, 6.45) is 5.64. The molecule has 3 heteroatoms. The summed E-state index contributed by atoms with van der Waals surface area (Å²) in [5.74, 6) is 1.59. The average molecular weight is 262 g/mol. The van der Waals surface area contributed by atoms with E-state index in [0.717, 1.165) is 30.2 Å². The van der Waals surface area contributed by atoms with E-state index in [9.17, 15) is 0 Å². The van der Waals surface area contributed by atoms with Gasteiger partial charge in [0.05, 0.1) is 18.0 Å². The molecule has 2 N–H and O–H groups in total. The Kier molecular flexibility index (Phi) is 4.14. The van der Waals surface area contributed by atoms with Gasteiger partial charge in [0.2, 0.25) is 0 Å². The fourth-order valence-electron chi connectivity index (χ4n) is 3.27. The molecule has 0 aromatic carbocycles. The minimum Gasteiger partial charge on any atom is -0.489 e. The van der Waals surface area contributed by atoms with Gasteiger partial charge in [0.25, 0.3) is 0 Å². The van der Waals surface area contributed by atoms with Crippen LogP contribution in [0.4, 0.5) is 0 Å². The number of hydrogen-bond donors (Lipinski definition) is 1. The Bertz CT molecular complexity index is 411. The molecule has 0 aliphatic heterocycles. The Morgan fingerprint density at radius 3 is 2.63 bits per heavy atom. The van der Waals surface area contributed by atoms with Crippen LogP contribution in [0.5, 0.6) is 5.75 Å². The van der Waals surface area contributed by atoms with E-state index < -0.39 is 0 Å². The van der Waals surface area contributed by atoms with Crippen LogP contribution in [0.25, 0.3) is 0 Å². The summed E-state index contributed by atoms with van der Waals surface area (Å²) in [7, 11) is 0. The van der Waals surface area contributed by atoms with Crippen molar-refractivity contribution in [1.29, 1.82) is 0 Å². The van der Waals surface area contributed by atoms with Crippen LogP contribution in [-0.2, 0) is 0 Å². The summed E-state index contributed by atoms with van der Waals surface area (Å²) in [5, 5.41) is 0. The highest BCUT2D eigenvalue weighted by Gasteiger charge is 2.33. The molecular formula is C16H26N2O. The quantitative estimate of drug-likeness (QED) is 0.903. The van der Waals surface area contributed by atoms with E-state index >= 15 is 0 Å². The maximum atomic E-state index is 6.09. The van der Waals surface area contributed by atoms with Gasteiger partial charge in [0.1, 0.15) is 5.75 Å². The van der Waals surface area contributed by atoms with Crippen LogP contribution in [0.2, 0.25) is 0 Å². The molecule has 1 aliphatic carbocycles. The van der Waals surface area contributed by atoms with Gasteiger partial charge in [-0.25, -0.2) is 0 Å². The lowest BCUT2D eigenvalue weighted by atomic mass is 9.71. The Hall–Kier alpha value is -1.09. The lowest BCUT2D eigenvalue weighted by molar-refractivity contribution is 0.0560. The first-order chi connectivity index (χ1) is 8.85. The van der Waals surface area contributed by atoms with Crippen molar-refractivity contribution in [2.45, 2.75) is 59.1 Å². The monoisotopic (exact) mass is 262 g/mol. The van der Waals surface area contributed by atoms with Crippen molar-refractivity contribution in [2.75, 3.05) is 0 Å². The lowest BCUT2D eigenvalue weighted by Gasteiger charge is -2.38. The standard InChI is InChI=1S/C16H26N2O/c1-11-7-14(9-16(3,4)8-11)19-13-5-6-15(12(2)17)18-10-13/h5-6,10-12,14H,7-9,17H2,1-4H3/t11?,12-,14?/m0/s1. The molecule has 1 saturated carbocycles. The van der Waals surface area contributed by atoms with Crippen molar-refractivity contribution in [2.24, 2.45) is 17.1 Å². The van der Waals surface area contributed by atoms with Crippen molar-refractivity contribution in [3.8, 4) is 5.75 Å². The molecule has 3 nitrogen and oxygen atoms in total. The maximum Gasteiger partial charge on any atom is 0.138 e. The molecule has 1 fully saturated rings. The van der Waals surface area contributed by atoms with E-state index in [1.165, 1.54) is 6.42 Å². The largest absolute Gasteiger partial charge is 0.489 e. The molecule has 106 valence electrons. The van der Waals surface area contributed by atoms with Gasteiger partial charge in [-0.05, 0) is 49.7 Å². The van der Waals surface area contributed by atoms with Crippen molar-refractivity contribution >= 4 is 0 Å². The molecule has 3 atom stereocenters. The third kappa shape index (κ3) is 3.93. The maximum absolute atomic E-state index is 6.09. The molecule has 1 aromatic rings. The third-order valence-corrected chi connectivity index (χ3v) is 3.88. The number of pyridine rings is 1. The number of aromatic nitrogens is 1. The number of rotatable bonds is 3. The van der Waals surface area contributed by atoms with Gasteiger partial charge in [-0.1, -0.05) is 20.8 Å². The average Bonchev–Trinajstić information content (AvgIpc) is 2.26. The van der Waals surface area contributed by atoms with E-state index in [-0.39, 0.29) is 6.04 Å². The highest BCUT2D eigenvalue weighted by Crippen LogP contribution is 2.39. The number of nitrogens with zero attached hydrogens (tertiary/aromatic N) is 1. The van der Waals surface area contributed by atoms with E-state index in [1.54, 1.807) is 6.20 Å². The first kappa shape index (κ1) is 14.3. The van der Waals surface area contributed by atoms with Crippen LogP contribution in [-0.4, -0.2) is 11.1 Å². The predicted octanol–water partition coefficient (Wildman–Crippen LogP) is 3.69. The molecule has 1 heterocycles. The minimum atomic E-state index is -0.0253. The summed E-state index contributed by atoms with van der Waals surface area (Å²) in [6, 6.07) is 3.91. The molecule has 2 unspecified atom stereocenters. The van der Waals surface area contributed by atoms with Crippen LogP contribution in [0.15, 0.2) is 18.3 Å². The predicted molar refractivity (Wildman–Crippen MR) is 78.1 cm³/mol. The second kappa shape index (κ2) is 5.49. The zero-order valence-corrected chi connectivity index (χ0v) is 12.5. The molecular weight excluding hydrogens is 236 g/mol. The first-order valence-electron chi connectivity index (χ1n) is 7.24. The summed E-state index contributed by atoms with van der Waals surface area (Å²) in [4.78, 5) is 4.35. The molecule has 0 spiro atoms. The zero-order chi connectivity index (χ0) is 14.0. The van der Waals surface area contributed by atoms with Gasteiger partial charge < -0.3 is 10.5 Å². The highest BCUT2D eigenvalue weighted by molar-refractivity contribution is 5.21. The first-order valence-corrected chi connectivity index (χ1v) is 7.24. The Morgan fingerprint density at radius 1 is 1.37 bits per heavy atom. The van der Waals surface area contributed by atoms with Crippen molar-refractivity contribution in [3.63, 3.8) is 0 Å². The van der Waals surface area contributed by atoms with Crippen molar-refractivity contribution in [3.05, 3.63) is 24.0 Å². The van der Waals surface area contributed by atoms with E-state index in [2.05, 4.69) is 25.8 Å². The van der Waals surface area contributed by atoms with Gasteiger partial charge in [-0.3, -0.25) is 4.98 Å². The van der Waals surface area contributed by atoms with Crippen LogP contribution in [0.1, 0.15) is 58.7 Å². The Morgan fingerprint density at radius 2 is 2.11 bits per heavy atom. The van der Waals surface area contributed by atoms with Gasteiger partial charge in [0, 0.05) is 6.04 Å². The van der Waals surface area contributed by atoms with Crippen molar-refractivity contribution in [1.82, 2.24) is 4.98 Å². The van der Waals surface area contributed by atoms with E-state index in [1.807, 2.05) is 19.1 Å². The van der Waals surface area contributed by atoms with Gasteiger partial charge in [-0.2, -0.15) is 0 Å². The molecule has 1 aromatic heterocycles. The lowest BCUT2D eigenvalue weighted by Crippen LogP contribution is -2.34. The molecule has 1 aliphatic rings. The zero-order valence-electron chi connectivity index (χ0n) is 12.5. The molecule has 0 saturated heterocycles. The number of hydrogen-bond acceptors (Lipinski definition) is 3. The molecule has 0 bridgehead atoms. The van der Waals surface area contributed by atoms with Gasteiger partial charge in [0.15, 0.2) is 0 Å². The number of ether oxygens (including phenoxy) is 1. The number of nitrogens with two attached hydrogens (primary N) is 1. The summed E-state index contributed by atoms with van der Waals surface area (Å²) < 4.78 is 6.09. The normalized spacial score (nSPS) is 27.8. The van der Waals surface area contributed by atoms with E-state index in [4.69, 9.17) is 10.5 Å². The molecule has 2 rings (SSSR count). The molecule has 19 heavy (non-hydrogen) atoms. The molecule has 0 amide bonds. The second-order valence-corrected chi connectivity index (χ2v) is 6.86. The summed E-state index contributed by atoms with van der Waals surface area (Å²) >= 11 is 0. The Labute approximate surface area is 116 Å². The molecule has 0 radical (unpaired) electrons. The van der Waals surface area contributed by atoms with E-state index in [0.29, 0.717) is 11.5 Å². The Balaban J connectivity index is 2.00. The van der Waals surface area contributed by atoms with Gasteiger partial charge >= 0.3 is 0 Å². The van der Waals surface area contributed by atoms with Crippen LogP contribution in [0, 0.1) is 11.3 Å². The summed E-state index contributed by atoms with van der Waals surface area (Å²) in [6.45, 7) is 8.91. The minimum absolute atomic E-state index is 0.0253. The second-order valence-electron chi connectivity index (χ2n) is 6.86. The smallest absolute Gasteiger partial charge is 0.138 e. The summed E-state index contributed by atoms with van der Waals surface area (Å²) in [5.41, 5.74) is 7.08. The van der Waals surface area contributed by atoms with Crippen molar-refractivity contribution < 1.29 is 4.74 Å². The highest BCUT2D eigenvalue weighted by atomic mass is 16.5.